The van der Waals surface area contributed by atoms with Crippen molar-refractivity contribution in [3.05, 3.63) is 28.8 Å². The summed E-state index contributed by atoms with van der Waals surface area (Å²) in [5, 5.41) is 11.9. The highest BCUT2D eigenvalue weighted by atomic mass is 32.2. The Morgan fingerprint density at radius 1 is 1.33 bits per heavy atom. The molecule has 2 heterocycles. The molecular formula is C21H28N4O3S2. The van der Waals surface area contributed by atoms with Gasteiger partial charge in [-0.05, 0) is 62.8 Å². The van der Waals surface area contributed by atoms with Crippen LogP contribution < -0.4 is 10.1 Å². The second kappa shape index (κ2) is 10.8. The first-order valence-electron chi connectivity index (χ1n) is 10.1. The Labute approximate surface area is 185 Å². The number of hydrogen-bond donors (Lipinski definition) is 1. The highest BCUT2D eigenvalue weighted by Gasteiger charge is 2.24. The van der Waals surface area contributed by atoms with Gasteiger partial charge in [-0.15, -0.1) is 10.2 Å². The Kier molecular flexibility index (Phi) is 8.09. The highest BCUT2D eigenvalue weighted by Crippen LogP contribution is 2.26. The number of methoxy groups -OCH3 is 1. The number of rotatable bonds is 8. The van der Waals surface area contributed by atoms with Gasteiger partial charge in [-0.1, -0.05) is 23.1 Å². The number of aryl methyl sites for hydroxylation is 2. The zero-order chi connectivity index (χ0) is 21.5. The number of anilines is 1. The van der Waals surface area contributed by atoms with Crippen molar-refractivity contribution in [3.8, 4) is 5.75 Å². The van der Waals surface area contributed by atoms with E-state index in [1.165, 1.54) is 23.1 Å². The molecule has 30 heavy (non-hydrogen) atoms. The Bertz CT molecular complexity index is 887. The predicted molar refractivity (Wildman–Crippen MR) is 120 cm³/mol. The maximum absolute atomic E-state index is 12.6. The lowest BCUT2D eigenvalue weighted by Crippen LogP contribution is -2.41. The van der Waals surface area contributed by atoms with Crippen LogP contribution in [0.15, 0.2) is 22.5 Å². The monoisotopic (exact) mass is 448 g/mol. The van der Waals surface area contributed by atoms with Crippen LogP contribution in [-0.4, -0.2) is 52.9 Å². The van der Waals surface area contributed by atoms with Gasteiger partial charge in [0.05, 0.1) is 12.9 Å². The van der Waals surface area contributed by atoms with E-state index in [9.17, 15) is 9.59 Å². The van der Waals surface area contributed by atoms with E-state index in [4.69, 9.17) is 4.74 Å². The first-order chi connectivity index (χ1) is 14.4. The first-order valence-corrected chi connectivity index (χ1v) is 11.9. The van der Waals surface area contributed by atoms with Gasteiger partial charge >= 0.3 is 0 Å². The van der Waals surface area contributed by atoms with Crippen molar-refractivity contribution in [1.29, 1.82) is 0 Å². The van der Waals surface area contributed by atoms with Crippen LogP contribution in [0.4, 0.5) is 5.69 Å². The fourth-order valence-corrected chi connectivity index (χ4v) is 5.25. The average Bonchev–Trinajstić information content (AvgIpc) is 3.17. The highest BCUT2D eigenvalue weighted by molar-refractivity contribution is 8.01. The van der Waals surface area contributed by atoms with Gasteiger partial charge in [-0.25, -0.2) is 0 Å². The summed E-state index contributed by atoms with van der Waals surface area (Å²) < 4.78 is 6.04. The van der Waals surface area contributed by atoms with Crippen LogP contribution in [0.3, 0.4) is 0 Å². The molecule has 0 aliphatic carbocycles. The van der Waals surface area contributed by atoms with Crippen LogP contribution in [0.5, 0.6) is 5.75 Å². The summed E-state index contributed by atoms with van der Waals surface area (Å²) >= 11 is 2.96. The fourth-order valence-electron chi connectivity index (χ4n) is 3.53. The molecule has 1 unspecified atom stereocenters. The van der Waals surface area contributed by atoms with Crippen molar-refractivity contribution in [2.24, 2.45) is 5.92 Å². The molecule has 1 aliphatic heterocycles. The number of piperidine rings is 1. The Hall–Kier alpha value is -2.13. The number of carbonyl (C=O) groups excluding carboxylic acids is 2. The first kappa shape index (κ1) is 22.6. The number of thioether (sulfide) groups is 1. The Morgan fingerprint density at radius 3 is 2.87 bits per heavy atom. The molecule has 2 amide bonds. The van der Waals surface area contributed by atoms with E-state index in [-0.39, 0.29) is 11.8 Å². The third-order valence-corrected chi connectivity index (χ3v) is 7.14. The molecule has 9 heteroatoms. The summed E-state index contributed by atoms with van der Waals surface area (Å²) in [5.74, 6) is 1.67. The van der Waals surface area contributed by atoms with E-state index >= 15 is 0 Å². The van der Waals surface area contributed by atoms with Crippen molar-refractivity contribution < 1.29 is 14.3 Å². The average molecular weight is 449 g/mol. The van der Waals surface area contributed by atoms with Gasteiger partial charge in [0.25, 0.3) is 0 Å². The van der Waals surface area contributed by atoms with E-state index in [2.05, 4.69) is 15.5 Å². The number of carbonyl (C=O) groups is 2. The number of nitrogens with zero attached hydrogens (tertiary/aromatic N) is 3. The minimum absolute atomic E-state index is 0.00825. The summed E-state index contributed by atoms with van der Waals surface area (Å²) in [6.07, 6.45) is 3.28. The lowest BCUT2D eigenvalue weighted by Gasteiger charge is -2.32. The van der Waals surface area contributed by atoms with Crippen molar-refractivity contribution >= 4 is 40.6 Å². The smallest absolute Gasteiger partial charge is 0.233 e. The summed E-state index contributed by atoms with van der Waals surface area (Å²) in [7, 11) is 1.63. The lowest BCUT2D eigenvalue weighted by atomic mass is 9.93. The van der Waals surface area contributed by atoms with Gasteiger partial charge in [-0.3, -0.25) is 9.59 Å². The third kappa shape index (κ3) is 6.43. The molecule has 0 saturated carbocycles. The summed E-state index contributed by atoms with van der Waals surface area (Å²) in [6, 6.07) is 5.61. The number of aromatic nitrogens is 2. The Morgan fingerprint density at radius 2 is 2.17 bits per heavy atom. The molecule has 2 aromatic rings. The second-order valence-electron chi connectivity index (χ2n) is 7.49. The number of nitrogens with one attached hydrogen (secondary N) is 1. The number of benzene rings is 1. The molecule has 1 saturated heterocycles. The normalized spacial score (nSPS) is 16.4. The van der Waals surface area contributed by atoms with Gasteiger partial charge in [0.15, 0.2) is 4.34 Å². The molecule has 1 N–H and O–H groups in total. The summed E-state index contributed by atoms with van der Waals surface area (Å²) in [6.45, 7) is 5.38. The van der Waals surface area contributed by atoms with Crippen molar-refractivity contribution in [3.63, 3.8) is 0 Å². The van der Waals surface area contributed by atoms with Crippen LogP contribution in [0.1, 0.15) is 36.3 Å². The SMILES string of the molecule is COc1ccc(NC(=O)CCC2CCCN(C(=O)CSc3nnc(C)s3)C2)c(C)c1. The van der Waals surface area contributed by atoms with Gasteiger partial charge in [-0.2, -0.15) is 0 Å². The zero-order valence-corrected chi connectivity index (χ0v) is 19.3. The van der Waals surface area contributed by atoms with Crippen LogP contribution in [-0.2, 0) is 9.59 Å². The van der Waals surface area contributed by atoms with E-state index in [1.54, 1.807) is 7.11 Å². The predicted octanol–water partition coefficient (Wildman–Crippen LogP) is 3.91. The molecule has 1 aromatic carbocycles. The van der Waals surface area contributed by atoms with E-state index in [0.717, 1.165) is 58.7 Å². The van der Waals surface area contributed by atoms with Gasteiger partial charge in [0, 0.05) is 25.2 Å². The minimum atomic E-state index is 0.00825. The van der Waals surface area contributed by atoms with Gasteiger partial charge in [0.2, 0.25) is 11.8 Å². The molecular weight excluding hydrogens is 420 g/mol. The largest absolute Gasteiger partial charge is 0.497 e. The van der Waals surface area contributed by atoms with Crippen molar-refractivity contribution in [2.45, 2.75) is 43.9 Å². The van der Waals surface area contributed by atoms with Crippen LogP contribution in [0, 0.1) is 19.8 Å². The quantitative estimate of drug-likeness (QED) is 0.617. The van der Waals surface area contributed by atoms with Crippen LogP contribution in [0.25, 0.3) is 0 Å². The molecule has 0 bridgehead atoms. The lowest BCUT2D eigenvalue weighted by molar-refractivity contribution is -0.130. The molecule has 0 spiro atoms. The summed E-state index contributed by atoms with van der Waals surface area (Å²) in [4.78, 5) is 26.9. The van der Waals surface area contributed by atoms with Crippen LogP contribution in [0.2, 0.25) is 0 Å². The number of hydrogen-bond acceptors (Lipinski definition) is 7. The van der Waals surface area contributed by atoms with E-state index in [1.807, 2.05) is 36.9 Å². The molecule has 7 nitrogen and oxygen atoms in total. The molecule has 0 radical (unpaired) electrons. The third-order valence-electron chi connectivity index (χ3n) is 5.19. The van der Waals surface area contributed by atoms with Gasteiger partial charge in [0.1, 0.15) is 10.8 Å². The standard InChI is InChI=1S/C21H28N4O3S2/c1-14-11-17(28-3)7-8-18(14)22-19(26)9-6-16-5-4-10-25(12-16)20(27)13-29-21-24-23-15(2)30-21/h7-8,11,16H,4-6,9-10,12-13H2,1-3H3,(H,22,26). The number of amides is 2. The maximum Gasteiger partial charge on any atom is 0.233 e. The molecule has 1 aliphatic rings. The van der Waals surface area contributed by atoms with Crippen molar-refractivity contribution in [1.82, 2.24) is 15.1 Å². The van der Waals surface area contributed by atoms with E-state index < -0.39 is 0 Å². The molecule has 1 atom stereocenters. The second-order valence-corrected chi connectivity index (χ2v) is 9.90. The maximum atomic E-state index is 12.6. The van der Waals surface area contributed by atoms with E-state index in [0.29, 0.717) is 18.1 Å². The van der Waals surface area contributed by atoms with Crippen molar-refractivity contribution in [2.75, 3.05) is 31.3 Å². The molecule has 1 fully saturated rings. The van der Waals surface area contributed by atoms with Gasteiger partial charge < -0.3 is 15.0 Å². The van der Waals surface area contributed by atoms with Crippen LogP contribution >= 0.6 is 23.1 Å². The molecule has 162 valence electrons. The zero-order valence-electron chi connectivity index (χ0n) is 17.6. The molecule has 3 rings (SSSR count). The molecule has 1 aromatic heterocycles. The number of likely N-dealkylation sites (tertiary alicyclic amines) is 1. The minimum Gasteiger partial charge on any atom is -0.497 e. The summed E-state index contributed by atoms with van der Waals surface area (Å²) in [5.41, 5.74) is 1.78. The fraction of sp³-hybridized carbons (Fsp3) is 0.524. The Balaban J connectivity index is 1.43. The number of ether oxygens (including phenoxy) is 1. The topological polar surface area (TPSA) is 84.4 Å².